The normalized spacial score (nSPS) is 15.3. The van der Waals surface area contributed by atoms with Crippen LogP contribution in [0.25, 0.3) is 0 Å². The third-order valence-corrected chi connectivity index (χ3v) is 6.87. The van der Waals surface area contributed by atoms with Gasteiger partial charge >= 0.3 is 12.1 Å². The summed E-state index contributed by atoms with van der Waals surface area (Å²) in [5, 5.41) is 19.1. The highest BCUT2D eigenvalue weighted by Gasteiger charge is 2.41. The summed E-state index contributed by atoms with van der Waals surface area (Å²) in [5.41, 5.74) is 2.62. The summed E-state index contributed by atoms with van der Waals surface area (Å²) in [7, 11) is 0. The SMILES string of the molecule is C.CC(C)O[C@@H](Cc1cccc(O)c1)C(=O)N1C(=O)OC[C@@H]1Cc1ccccc1.CCOC(=O)[C@H](Cc1cccc(O)c1)OC(C)C. The maximum atomic E-state index is 13.2. The summed E-state index contributed by atoms with van der Waals surface area (Å²) >= 11 is 0. The molecular weight excluding hydrogens is 602 g/mol. The van der Waals surface area contributed by atoms with E-state index in [1.807, 2.05) is 70.2 Å². The summed E-state index contributed by atoms with van der Waals surface area (Å²) in [4.78, 5) is 38.5. The molecule has 1 aliphatic heterocycles. The van der Waals surface area contributed by atoms with E-state index in [1.165, 1.54) is 4.90 Å². The molecule has 10 heteroatoms. The van der Waals surface area contributed by atoms with E-state index in [1.54, 1.807) is 43.3 Å². The van der Waals surface area contributed by atoms with E-state index in [9.17, 15) is 24.6 Å². The van der Waals surface area contributed by atoms with Crippen molar-refractivity contribution in [1.82, 2.24) is 4.90 Å². The molecule has 0 bridgehead atoms. The molecule has 1 fully saturated rings. The fourth-order valence-electron chi connectivity index (χ4n) is 4.99. The predicted molar refractivity (Wildman–Crippen MR) is 179 cm³/mol. The first-order valence-electron chi connectivity index (χ1n) is 15.5. The van der Waals surface area contributed by atoms with Crippen LogP contribution in [-0.4, -0.2) is 76.8 Å². The second kappa shape index (κ2) is 19.3. The number of carbonyl (C=O) groups is 3. The molecule has 1 heterocycles. The number of cyclic esters (lactones) is 1. The molecule has 1 saturated heterocycles. The minimum absolute atomic E-state index is 0. The second-order valence-electron chi connectivity index (χ2n) is 11.5. The van der Waals surface area contributed by atoms with Crippen molar-refractivity contribution in [2.45, 2.75) is 91.8 Å². The van der Waals surface area contributed by atoms with E-state index in [-0.39, 0.29) is 56.2 Å². The number of esters is 1. The van der Waals surface area contributed by atoms with Crippen molar-refractivity contribution in [2.24, 2.45) is 0 Å². The largest absolute Gasteiger partial charge is 0.508 e. The average Bonchev–Trinajstić information content (AvgIpc) is 3.36. The van der Waals surface area contributed by atoms with Crippen LogP contribution in [-0.2, 0) is 47.8 Å². The summed E-state index contributed by atoms with van der Waals surface area (Å²) in [5.74, 6) is -0.481. The van der Waals surface area contributed by atoms with Crippen LogP contribution in [0.3, 0.4) is 0 Å². The van der Waals surface area contributed by atoms with Crippen molar-refractivity contribution in [3.8, 4) is 11.5 Å². The van der Waals surface area contributed by atoms with E-state index in [4.69, 9.17) is 18.9 Å². The molecule has 0 aromatic heterocycles. The molecular formula is C37H49NO9. The highest BCUT2D eigenvalue weighted by Crippen LogP contribution is 2.22. The lowest BCUT2D eigenvalue weighted by molar-refractivity contribution is -0.159. The fourth-order valence-corrected chi connectivity index (χ4v) is 4.99. The number of carbonyl (C=O) groups excluding carboxylic acids is 3. The Labute approximate surface area is 278 Å². The first-order valence-corrected chi connectivity index (χ1v) is 15.5. The molecule has 256 valence electrons. The highest BCUT2D eigenvalue weighted by molar-refractivity contribution is 5.96. The molecule has 10 nitrogen and oxygen atoms in total. The lowest BCUT2D eigenvalue weighted by Crippen LogP contribution is -2.47. The minimum atomic E-state index is -0.842. The molecule has 0 radical (unpaired) electrons. The number of benzene rings is 3. The number of phenolic OH excluding ortho intramolecular Hbond substituents is 2. The van der Waals surface area contributed by atoms with Gasteiger partial charge in [-0.2, -0.15) is 0 Å². The van der Waals surface area contributed by atoms with Gasteiger partial charge < -0.3 is 29.2 Å². The first kappa shape index (κ1) is 38.8. The van der Waals surface area contributed by atoms with Crippen molar-refractivity contribution in [3.05, 3.63) is 95.6 Å². The smallest absolute Gasteiger partial charge is 0.417 e. The molecule has 3 aromatic rings. The number of ether oxygens (including phenoxy) is 4. The Morgan fingerprint density at radius 3 is 1.83 bits per heavy atom. The van der Waals surface area contributed by atoms with Gasteiger partial charge in [-0.1, -0.05) is 62.0 Å². The van der Waals surface area contributed by atoms with Gasteiger partial charge in [0.25, 0.3) is 5.91 Å². The molecule has 3 aromatic carbocycles. The topological polar surface area (TPSA) is 132 Å². The van der Waals surface area contributed by atoms with Gasteiger partial charge in [-0.3, -0.25) is 4.79 Å². The van der Waals surface area contributed by atoms with Gasteiger partial charge in [0.1, 0.15) is 24.2 Å². The second-order valence-corrected chi connectivity index (χ2v) is 11.5. The van der Waals surface area contributed by atoms with Gasteiger partial charge in [0.05, 0.1) is 24.9 Å². The van der Waals surface area contributed by atoms with Crippen LogP contribution in [0, 0.1) is 0 Å². The van der Waals surface area contributed by atoms with Gasteiger partial charge in [0, 0.05) is 12.8 Å². The summed E-state index contributed by atoms with van der Waals surface area (Å²) in [6.45, 7) is 9.68. The van der Waals surface area contributed by atoms with E-state index in [0.29, 0.717) is 19.4 Å². The number of amides is 2. The third kappa shape index (κ3) is 12.7. The number of imide groups is 1. The van der Waals surface area contributed by atoms with Crippen molar-refractivity contribution in [3.63, 3.8) is 0 Å². The van der Waals surface area contributed by atoms with E-state index >= 15 is 0 Å². The van der Waals surface area contributed by atoms with Crippen LogP contribution < -0.4 is 0 Å². The van der Waals surface area contributed by atoms with Crippen LogP contribution in [0.1, 0.15) is 58.7 Å². The van der Waals surface area contributed by atoms with E-state index in [2.05, 4.69) is 0 Å². The number of aromatic hydroxyl groups is 2. The highest BCUT2D eigenvalue weighted by atomic mass is 16.6. The molecule has 0 spiro atoms. The standard InChI is InChI=1S/C22H25NO5.C14H20O4.CH4/c1-15(2)28-20(13-17-9-6-10-19(24)12-17)21(25)23-18(14-27-22(23)26)11-16-7-4-3-5-8-16;1-4-17-14(16)13(18-10(2)3)9-11-6-5-7-12(15)8-11;/h3-10,12,15,18,20,24H,11,13-14H2,1-2H3;5-8,10,13,15H,4,9H2,1-3H3;1H4/t18-,20-;13-;/m00./s1. The van der Waals surface area contributed by atoms with Crippen molar-refractivity contribution >= 4 is 18.0 Å². The van der Waals surface area contributed by atoms with E-state index < -0.39 is 24.2 Å². The van der Waals surface area contributed by atoms with Crippen LogP contribution in [0.5, 0.6) is 11.5 Å². The van der Waals surface area contributed by atoms with Crippen molar-refractivity contribution < 1.29 is 43.5 Å². The zero-order valence-electron chi connectivity index (χ0n) is 27.1. The Morgan fingerprint density at radius 1 is 0.809 bits per heavy atom. The van der Waals surface area contributed by atoms with Crippen LogP contribution in [0.2, 0.25) is 0 Å². The third-order valence-electron chi connectivity index (χ3n) is 6.87. The summed E-state index contributed by atoms with van der Waals surface area (Å²) < 4.78 is 21.5. The summed E-state index contributed by atoms with van der Waals surface area (Å²) in [6.07, 6.45) is -1.19. The van der Waals surface area contributed by atoms with Gasteiger partial charge in [0.15, 0.2) is 6.10 Å². The van der Waals surface area contributed by atoms with Crippen LogP contribution >= 0.6 is 0 Å². The fraction of sp³-hybridized carbons (Fsp3) is 0.432. The molecule has 0 aliphatic carbocycles. The minimum Gasteiger partial charge on any atom is -0.508 e. The molecule has 2 amide bonds. The predicted octanol–water partition coefficient (Wildman–Crippen LogP) is 6.25. The number of rotatable bonds is 13. The number of hydrogen-bond acceptors (Lipinski definition) is 9. The van der Waals surface area contributed by atoms with Crippen molar-refractivity contribution in [2.75, 3.05) is 13.2 Å². The molecule has 1 aliphatic rings. The first-order chi connectivity index (χ1) is 22.0. The lowest BCUT2D eigenvalue weighted by Gasteiger charge is -2.26. The molecule has 3 atom stereocenters. The number of nitrogens with zero attached hydrogens (tertiary/aromatic N) is 1. The van der Waals surface area contributed by atoms with E-state index in [0.717, 1.165) is 16.7 Å². The molecule has 47 heavy (non-hydrogen) atoms. The monoisotopic (exact) mass is 651 g/mol. The van der Waals surface area contributed by atoms with Crippen LogP contribution in [0.4, 0.5) is 4.79 Å². The zero-order chi connectivity index (χ0) is 33.6. The van der Waals surface area contributed by atoms with Gasteiger partial charge in [-0.05, 0) is 82.0 Å². The molecule has 0 saturated carbocycles. The lowest BCUT2D eigenvalue weighted by atomic mass is 10.0. The average molecular weight is 652 g/mol. The number of phenols is 2. The zero-order valence-corrected chi connectivity index (χ0v) is 27.1. The Hall–Kier alpha value is -4.41. The molecule has 0 unspecified atom stereocenters. The maximum Gasteiger partial charge on any atom is 0.417 e. The Morgan fingerprint density at radius 2 is 1.32 bits per heavy atom. The van der Waals surface area contributed by atoms with Gasteiger partial charge in [0.2, 0.25) is 0 Å². The Bertz CT molecular complexity index is 1410. The summed E-state index contributed by atoms with van der Waals surface area (Å²) in [6, 6.07) is 22.8. The Kier molecular flexibility index (Phi) is 15.9. The van der Waals surface area contributed by atoms with Crippen LogP contribution in [0.15, 0.2) is 78.9 Å². The van der Waals surface area contributed by atoms with Gasteiger partial charge in [-0.15, -0.1) is 0 Å². The molecule has 2 N–H and O–H groups in total. The van der Waals surface area contributed by atoms with Crippen molar-refractivity contribution in [1.29, 1.82) is 0 Å². The van der Waals surface area contributed by atoms with Gasteiger partial charge in [-0.25, -0.2) is 14.5 Å². The Balaban J connectivity index is 0.000000352. The molecule has 4 rings (SSSR count). The number of hydrogen-bond donors (Lipinski definition) is 2. The quantitative estimate of drug-likeness (QED) is 0.206. The maximum absolute atomic E-state index is 13.2.